The predicted octanol–water partition coefficient (Wildman–Crippen LogP) is 1.33. The Hall–Kier alpha value is -1.59. The van der Waals surface area contributed by atoms with E-state index in [1.807, 2.05) is 6.92 Å². The zero-order chi connectivity index (χ0) is 13.5. The second-order valence-electron chi connectivity index (χ2n) is 4.20. The van der Waals surface area contributed by atoms with Crippen molar-refractivity contribution < 1.29 is 29.0 Å². The number of carboxylic acids is 1. The van der Waals surface area contributed by atoms with Gasteiger partial charge in [0.2, 0.25) is 6.79 Å². The van der Waals surface area contributed by atoms with Gasteiger partial charge in [-0.05, 0) is 20.3 Å². The number of ether oxygens (including phenoxy) is 2. The van der Waals surface area contributed by atoms with E-state index in [2.05, 4.69) is 4.74 Å². The fourth-order valence-electron chi connectivity index (χ4n) is 0.770. The van der Waals surface area contributed by atoms with E-state index in [4.69, 9.17) is 9.84 Å². The highest BCUT2D eigenvalue weighted by molar-refractivity contribution is 5.77. The van der Waals surface area contributed by atoms with Gasteiger partial charge in [-0.25, -0.2) is 0 Å². The molecule has 0 atom stereocenters. The smallest absolute Gasteiger partial charge is 0.314 e. The molecule has 6 nitrogen and oxygen atoms in total. The molecule has 0 heterocycles. The fourth-order valence-corrected chi connectivity index (χ4v) is 0.770. The second-order valence-corrected chi connectivity index (χ2v) is 4.20. The molecular formula is C11H18O6. The molecule has 0 saturated heterocycles. The normalized spacial score (nSPS) is 10.8. The Kier molecular flexibility index (Phi) is 6.23. The molecule has 0 aliphatic carbocycles. The number of carbonyl (C=O) groups excluding carboxylic acids is 2. The van der Waals surface area contributed by atoms with Crippen LogP contribution in [0.1, 0.15) is 40.0 Å². The molecule has 0 amide bonds. The maximum absolute atomic E-state index is 11.4. The third-order valence-corrected chi connectivity index (χ3v) is 2.39. The highest BCUT2D eigenvalue weighted by Gasteiger charge is 2.27. The summed E-state index contributed by atoms with van der Waals surface area (Å²) >= 11 is 0. The van der Waals surface area contributed by atoms with E-state index in [0.717, 1.165) is 0 Å². The zero-order valence-electron chi connectivity index (χ0n) is 10.3. The predicted molar refractivity (Wildman–Crippen MR) is 58.0 cm³/mol. The second kappa shape index (κ2) is 6.88. The largest absolute Gasteiger partial charge is 0.481 e. The molecule has 0 bridgehead atoms. The van der Waals surface area contributed by atoms with Gasteiger partial charge in [0.05, 0.1) is 18.3 Å². The first kappa shape index (κ1) is 15.4. The minimum atomic E-state index is -1.08. The Bertz CT molecular complexity index is 294. The molecule has 0 aliphatic rings. The molecule has 17 heavy (non-hydrogen) atoms. The van der Waals surface area contributed by atoms with E-state index in [-0.39, 0.29) is 12.8 Å². The first-order chi connectivity index (χ1) is 7.79. The topological polar surface area (TPSA) is 89.9 Å². The summed E-state index contributed by atoms with van der Waals surface area (Å²) in [7, 11) is 0. The highest BCUT2D eigenvalue weighted by Crippen LogP contribution is 2.21. The van der Waals surface area contributed by atoms with Gasteiger partial charge in [-0.1, -0.05) is 6.92 Å². The Labute approximate surface area is 99.9 Å². The molecule has 1 N–H and O–H groups in total. The SMILES string of the molecule is CCC(C)(C)C(=O)OCOC(=O)CCC(=O)O. The average molecular weight is 246 g/mol. The van der Waals surface area contributed by atoms with Crippen LogP contribution in [0.3, 0.4) is 0 Å². The van der Waals surface area contributed by atoms with Crippen molar-refractivity contribution in [2.75, 3.05) is 6.79 Å². The summed E-state index contributed by atoms with van der Waals surface area (Å²) in [4.78, 5) is 32.6. The molecule has 0 spiro atoms. The van der Waals surface area contributed by atoms with E-state index in [0.29, 0.717) is 6.42 Å². The number of hydrogen-bond acceptors (Lipinski definition) is 5. The van der Waals surface area contributed by atoms with Crippen LogP contribution in [0, 0.1) is 5.41 Å². The Morgan fingerprint density at radius 2 is 1.71 bits per heavy atom. The van der Waals surface area contributed by atoms with E-state index in [1.54, 1.807) is 13.8 Å². The zero-order valence-corrected chi connectivity index (χ0v) is 10.3. The van der Waals surface area contributed by atoms with Crippen molar-refractivity contribution >= 4 is 17.9 Å². The summed E-state index contributed by atoms with van der Waals surface area (Å²) in [6.07, 6.45) is 0.0794. The molecule has 0 saturated carbocycles. The highest BCUT2D eigenvalue weighted by atomic mass is 16.7. The summed E-state index contributed by atoms with van der Waals surface area (Å²) < 4.78 is 9.30. The summed E-state index contributed by atoms with van der Waals surface area (Å²) in [5.74, 6) is -2.23. The lowest BCUT2D eigenvalue weighted by molar-refractivity contribution is -0.174. The van der Waals surface area contributed by atoms with Gasteiger partial charge in [0.15, 0.2) is 0 Å². The molecule has 0 aromatic heterocycles. The van der Waals surface area contributed by atoms with Crippen LogP contribution in [-0.4, -0.2) is 29.8 Å². The van der Waals surface area contributed by atoms with E-state index in [1.165, 1.54) is 0 Å². The van der Waals surface area contributed by atoms with Crippen LogP contribution < -0.4 is 0 Å². The van der Waals surface area contributed by atoms with Gasteiger partial charge in [0.1, 0.15) is 0 Å². The third kappa shape index (κ3) is 6.55. The van der Waals surface area contributed by atoms with Crippen molar-refractivity contribution in [3.63, 3.8) is 0 Å². The van der Waals surface area contributed by atoms with Crippen molar-refractivity contribution in [3.05, 3.63) is 0 Å². The van der Waals surface area contributed by atoms with Crippen LogP contribution in [0.25, 0.3) is 0 Å². The number of carboxylic acid groups (broad SMARTS) is 1. The standard InChI is InChI=1S/C11H18O6/c1-4-11(2,3)10(15)17-7-16-9(14)6-5-8(12)13/h4-7H2,1-3H3,(H,12,13). The van der Waals surface area contributed by atoms with E-state index < -0.39 is 30.1 Å². The lowest BCUT2D eigenvalue weighted by Gasteiger charge is -2.19. The van der Waals surface area contributed by atoms with Crippen LogP contribution >= 0.6 is 0 Å². The number of carbonyl (C=O) groups is 3. The Morgan fingerprint density at radius 1 is 1.12 bits per heavy atom. The number of rotatable bonds is 7. The molecule has 0 aromatic rings. The van der Waals surface area contributed by atoms with E-state index >= 15 is 0 Å². The van der Waals surface area contributed by atoms with Crippen molar-refractivity contribution in [2.24, 2.45) is 5.41 Å². The average Bonchev–Trinajstić information content (AvgIpc) is 2.26. The summed E-state index contributed by atoms with van der Waals surface area (Å²) in [5.41, 5.74) is -0.618. The van der Waals surface area contributed by atoms with Gasteiger partial charge in [-0.2, -0.15) is 0 Å². The van der Waals surface area contributed by atoms with Crippen LogP contribution in [0.15, 0.2) is 0 Å². The molecule has 0 fully saturated rings. The quantitative estimate of drug-likeness (QED) is 0.538. The van der Waals surface area contributed by atoms with Gasteiger partial charge < -0.3 is 14.6 Å². The minimum absolute atomic E-state index is 0.232. The number of esters is 2. The summed E-state index contributed by atoms with van der Waals surface area (Å²) in [6.45, 7) is 4.82. The molecule has 0 aromatic carbocycles. The fraction of sp³-hybridized carbons (Fsp3) is 0.727. The maximum Gasteiger partial charge on any atom is 0.314 e. The van der Waals surface area contributed by atoms with Crippen molar-refractivity contribution in [3.8, 4) is 0 Å². The first-order valence-electron chi connectivity index (χ1n) is 5.34. The van der Waals surface area contributed by atoms with Crippen LogP contribution in [0.4, 0.5) is 0 Å². The molecular weight excluding hydrogens is 228 g/mol. The molecule has 0 rings (SSSR count). The number of hydrogen-bond donors (Lipinski definition) is 1. The Balaban J connectivity index is 3.81. The number of aliphatic carboxylic acids is 1. The van der Waals surface area contributed by atoms with Crippen molar-refractivity contribution in [1.29, 1.82) is 0 Å². The molecule has 0 unspecified atom stereocenters. The van der Waals surface area contributed by atoms with Crippen LogP contribution in [-0.2, 0) is 23.9 Å². The van der Waals surface area contributed by atoms with E-state index in [9.17, 15) is 14.4 Å². The molecule has 0 aliphatic heterocycles. The minimum Gasteiger partial charge on any atom is -0.481 e. The van der Waals surface area contributed by atoms with Gasteiger partial charge in [-0.3, -0.25) is 14.4 Å². The van der Waals surface area contributed by atoms with Crippen LogP contribution in [0.5, 0.6) is 0 Å². The summed E-state index contributed by atoms with van der Waals surface area (Å²) in [6, 6.07) is 0. The van der Waals surface area contributed by atoms with Gasteiger partial charge >= 0.3 is 17.9 Å². The third-order valence-electron chi connectivity index (χ3n) is 2.39. The van der Waals surface area contributed by atoms with Gasteiger partial charge in [0, 0.05) is 0 Å². The van der Waals surface area contributed by atoms with Crippen molar-refractivity contribution in [2.45, 2.75) is 40.0 Å². The monoisotopic (exact) mass is 246 g/mol. The molecule has 6 heteroatoms. The van der Waals surface area contributed by atoms with Crippen molar-refractivity contribution in [1.82, 2.24) is 0 Å². The maximum atomic E-state index is 11.4. The van der Waals surface area contributed by atoms with Gasteiger partial charge in [0.25, 0.3) is 0 Å². The first-order valence-corrected chi connectivity index (χ1v) is 5.34. The molecule has 98 valence electrons. The lowest BCUT2D eigenvalue weighted by Crippen LogP contribution is -2.27. The molecule has 0 radical (unpaired) electrons. The van der Waals surface area contributed by atoms with Gasteiger partial charge in [-0.15, -0.1) is 0 Å². The van der Waals surface area contributed by atoms with Crippen LogP contribution in [0.2, 0.25) is 0 Å². The lowest BCUT2D eigenvalue weighted by atomic mass is 9.91. The Morgan fingerprint density at radius 3 is 2.18 bits per heavy atom. The summed E-state index contributed by atoms with van der Waals surface area (Å²) in [5, 5.41) is 8.32.